The van der Waals surface area contributed by atoms with E-state index in [1.54, 1.807) is 0 Å². The summed E-state index contributed by atoms with van der Waals surface area (Å²) in [7, 11) is 2.09. The Balaban J connectivity index is 2.13. The summed E-state index contributed by atoms with van der Waals surface area (Å²) in [5, 5.41) is 0. The van der Waals surface area contributed by atoms with Gasteiger partial charge in [0.15, 0.2) is 0 Å². The minimum atomic E-state index is 0.288. The summed E-state index contributed by atoms with van der Waals surface area (Å²) in [5.41, 5.74) is 8.44. The molecule has 3 nitrogen and oxygen atoms in total. The highest BCUT2D eigenvalue weighted by molar-refractivity contribution is 5.75. The summed E-state index contributed by atoms with van der Waals surface area (Å²) in [6.07, 6.45) is 3.54. The van der Waals surface area contributed by atoms with Crippen LogP contribution in [0.15, 0.2) is 24.3 Å². The first-order valence-electron chi connectivity index (χ1n) is 5.94. The molecule has 0 aliphatic heterocycles. The van der Waals surface area contributed by atoms with E-state index < -0.39 is 0 Å². The lowest BCUT2D eigenvalue weighted by Gasteiger charge is -2.14. The number of aryl methyl sites for hydroxylation is 1. The molecule has 1 aromatic heterocycles. The molecular formula is C13H17N3. The molecule has 3 rings (SSSR count). The molecule has 1 aliphatic carbocycles. The van der Waals surface area contributed by atoms with Gasteiger partial charge in [0.05, 0.1) is 11.0 Å². The van der Waals surface area contributed by atoms with E-state index in [-0.39, 0.29) is 6.04 Å². The predicted octanol–water partition coefficient (Wildman–Crippen LogP) is 2.17. The van der Waals surface area contributed by atoms with Gasteiger partial charge in [-0.15, -0.1) is 0 Å². The Labute approximate surface area is 95.3 Å². The SMILES string of the molecule is Cn1c(C2CCCC2N)nc2ccccc21. The van der Waals surface area contributed by atoms with Crippen molar-refractivity contribution in [3.8, 4) is 0 Å². The largest absolute Gasteiger partial charge is 0.331 e. The van der Waals surface area contributed by atoms with Gasteiger partial charge in [-0.1, -0.05) is 18.6 Å². The molecule has 2 atom stereocenters. The first kappa shape index (κ1) is 9.85. The summed E-state index contributed by atoms with van der Waals surface area (Å²) in [6, 6.07) is 8.57. The number of benzene rings is 1. The van der Waals surface area contributed by atoms with Gasteiger partial charge in [0.1, 0.15) is 5.82 Å². The standard InChI is InChI=1S/C13H17N3/c1-16-12-8-3-2-7-11(12)15-13(16)9-5-4-6-10(9)14/h2-3,7-10H,4-6,14H2,1H3. The number of hydrogen-bond acceptors (Lipinski definition) is 2. The van der Waals surface area contributed by atoms with Crippen molar-refractivity contribution < 1.29 is 0 Å². The highest BCUT2D eigenvalue weighted by Gasteiger charge is 2.29. The van der Waals surface area contributed by atoms with Gasteiger partial charge in [0.2, 0.25) is 0 Å². The molecule has 84 valence electrons. The molecule has 2 N–H and O–H groups in total. The van der Waals surface area contributed by atoms with Crippen LogP contribution in [0.3, 0.4) is 0 Å². The number of nitrogens with zero attached hydrogens (tertiary/aromatic N) is 2. The van der Waals surface area contributed by atoms with Crippen LogP contribution in [0.1, 0.15) is 31.0 Å². The predicted molar refractivity (Wildman–Crippen MR) is 65.3 cm³/mol. The second-order valence-corrected chi connectivity index (χ2v) is 4.72. The minimum Gasteiger partial charge on any atom is -0.331 e. The Morgan fingerprint density at radius 3 is 2.81 bits per heavy atom. The molecule has 0 spiro atoms. The summed E-state index contributed by atoms with van der Waals surface area (Å²) in [4.78, 5) is 4.73. The molecule has 3 heteroatoms. The van der Waals surface area contributed by atoms with Crippen LogP contribution >= 0.6 is 0 Å². The molecule has 1 aromatic carbocycles. The molecule has 0 radical (unpaired) electrons. The van der Waals surface area contributed by atoms with E-state index in [0.717, 1.165) is 17.8 Å². The highest BCUT2D eigenvalue weighted by Crippen LogP contribution is 2.33. The number of fused-ring (bicyclic) bond motifs is 1. The number of aromatic nitrogens is 2. The molecule has 1 heterocycles. The Hall–Kier alpha value is -1.35. The topological polar surface area (TPSA) is 43.8 Å². The minimum absolute atomic E-state index is 0.288. The van der Waals surface area contributed by atoms with Gasteiger partial charge in [-0.25, -0.2) is 4.98 Å². The third-order valence-electron chi connectivity index (χ3n) is 3.72. The Kier molecular flexibility index (Phi) is 2.21. The molecule has 1 fully saturated rings. The zero-order valence-corrected chi connectivity index (χ0v) is 9.56. The van der Waals surface area contributed by atoms with Crippen molar-refractivity contribution in [1.82, 2.24) is 9.55 Å². The maximum atomic E-state index is 6.15. The molecule has 0 saturated heterocycles. The number of hydrogen-bond donors (Lipinski definition) is 1. The van der Waals surface area contributed by atoms with Crippen molar-refractivity contribution in [1.29, 1.82) is 0 Å². The monoisotopic (exact) mass is 215 g/mol. The zero-order valence-electron chi connectivity index (χ0n) is 9.56. The van der Waals surface area contributed by atoms with E-state index in [0.29, 0.717) is 5.92 Å². The van der Waals surface area contributed by atoms with Crippen LogP contribution in [0, 0.1) is 0 Å². The molecular weight excluding hydrogens is 198 g/mol. The van der Waals surface area contributed by atoms with Crippen molar-refractivity contribution in [2.45, 2.75) is 31.2 Å². The van der Waals surface area contributed by atoms with Crippen LogP contribution in [0.4, 0.5) is 0 Å². The van der Waals surface area contributed by atoms with Crippen LogP contribution in [0.5, 0.6) is 0 Å². The van der Waals surface area contributed by atoms with Crippen molar-refractivity contribution in [3.05, 3.63) is 30.1 Å². The summed E-state index contributed by atoms with van der Waals surface area (Å²) >= 11 is 0. The van der Waals surface area contributed by atoms with E-state index in [2.05, 4.69) is 29.8 Å². The molecule has 0 amide bonds. The first-order valence-corrected chi connectivity index (χ1v) is 5.94. The average Bonchev–Trinajstić information content (AvgIpc) is 2.84. The third-order valence-corrected chi connectivity index (χ3v) is 3.72. The Morgan fingerprint density at radius 1 is 1.31 bits per heavy atom. The van der Waals surface area contributed by atoms with Gasteiger partial charge in [-0.05, 0) is 25.0 Å². The van der Waals surface area contributed by atoms with Gasteiger partial charge < -0.3 is 10.3 Å². The lowest BCUT2D eigenvalue weighted by molar-refractivity contribution is 0.565. The quantitative estimate of drug-likeness (QED) is 0.792. The third kappa shape index (κ3) is 1.35. The van der Waals surface area contributed by atoms with Gasteiger partial charge >= 0.3 is 0 Å². The van der Waals surface area contributed by atoms with Gasteiger partial charge in [-0.3, -0.25) is 0 Å². The van der Waals surface area contributed by atoms with Crippen LogP contribution in [0.2, 0.25) is 0 Å². The summed E-state index contributed by atoms with van der Waals surface area (Å²) in [6.45, 7) is 0. The van der Waals surface area contributed by atoms with E-state index in [1.165, 1.54) is 18.4 Å². The average molecular weight is 215 g/mol. The van der Waals surface area contributed by atoms with Crippen molar-refractivity contribution in [2.75, 3.05) is 0 Å². The highest BCUT2D eigenvalue weighted by atomic mass is 15.1. The maximum Gasteiger partial charge on any atom is 0.114 e. The molecule has 16 heavy (non-hydrogen) atoms. The fourth-order valence-electron chi connectivity index (χ4n) is 2.81. The van der Waals surface area contributed by atoms with Crippen LogP contribution in [-0.4, -0.2) is 15.6 Å². The van der Waals surface area contributed by atoms with Gasteiger partial charge in [-0.2, -0.15) is 0 Å². The molecule has 2 unspecified atom stereocenters. The van der Waals surface area contributed by atoms with Crippen molar-refractivity contribution in [2.24, 2.45) is 12.8 Å². The normalized spacial score (nSPS) is 25.4. The van der Waals surface area contributed by atoms with Crippen molar-refractivity contribution >= 4 is 11.0 Å². The second kappa shape index (κ2) is 3.59. The molecule has 1 aliphatic rings. The fourth-order valence-corrected chi connectivity index (χ4v) is 2.81. The molecule has 2 aromatic rings. The second-order valence-electron chi connectivity index (χ2n) is 4.72. The van der Waals surface area contributed by atoms with E-state index in [1.807, 2.05) is 6.07 Å². The lowest BCUT2D eigenvalue weighted by atomic mass is 10.0. The van der Waals surface area contributed by atoms with Gasteiger partial charge in [0, 0.05) is 19.0 Å². The lowest BCUT2D eigenvalue weighted by Crippen LogP contribution is -2.24. The maximum absolute atomic E-state index is 6.15. The smallest absolute Gasteiger partial charge is 0.114 e. The van der Waals surface area contributed by atoms with E-state index >= 15 is 0 Å². The van der Waals surface area contributed by atoms with Crippen LogP contribution < -0.4 is 5.73 Å². The van der Waals surface area contributed by atoms with E-state index in [9.17, 15) is 0 Å². The van der Waals surface area contributed by atoms with Gasteiger partial charge in [0.25, 0.3) is 0 Å². The van der Waals surface area contributed by atoms with Crippen molar-refractivity contribution in [3.63, 3.8) is 0 Å². The number of para-hydroxylation sites is 2. The number of rotatable bonds is 1. The number of nitrogens with two attached hydrogens (primary N) is 1. The molecule has 0 bridgehead atoms. The number of imidazole rings is 1. The van der Waals surface area contributed by atoms with E-state index in [4.69, 9.17) is 10.7 Å². The zero-order chi connectivity index (χ0) is 11.1. The molecule has 1 saturated carbocycles. The fraction of sp³-hybridized carbons (Fsp3) is 0.462. The summed E-state index contributed by atoms with van der Waals surface area (Å²) in [5.74, 6) is 1.60. The summed E-state index contributed by atoms with van der Waals surface area (Å²) < 4.78 is 2.20. The van der Waals surface area contributed by atoms with Crippen LogP contribution in [0.25, 0.3) is 11.0 Å². The Morgan fingerprint density at radius 2 is 2.12 bits per heavy atom. The Bertz CT molecular complexity index is 515. The first-order chi connectivity index (χ1) is 7.77. The van der Waals surface area contributed by atoms with Crippen LogP contribution in [-0.2, 0) is 7.05 Å².